The maximum absolute atomic E-state index is 12.4. The highest BCUT2D eigenvalue weighted by Crippen LogP contribution is 2.32. The first-order valence-corrected chi connectivity index (χ1v) is 11.2. The number of carbonyl (C=O) groups excluding carboxylic acids is 1. The molecule has 1 aliphatic heterocycles. The number of halogens is 1. The van der Waals surface area contributed by atoms with Gasteiger partial charge in [-0.1, -0.05) is 60.4 Å². The van der Waals surface area contributed by atoms with E-state index >= 15 is 0 Å². The number of carbonyl (C=O) groups is 2. The largest absolute Gasteiger partial charge is 0.480 e. The number of amides is 1. The summed E-state index contributed by atoms with van der Waals surface area (Å²) in [4.78, 5) is 27.0. The molecule has 8 heteroatoms. The minimum atomic E-state index is -1.09. The van der Waals surface area contributed by atoms with Crippen molar-refractivity contribution in [3.63, 3.8) is 0 Å². The Kier molecular flexibility index (Phi) is 7.53. The summed E-state index contributed by atoms with van der Waals surface area (Å²) in [6.07, 6.45) is 1.74. The highest BCUT2D eigenvalue weighted by molar-refractivity contribution is 8.26. The lowest BCUT2D eigenvalue weighted by atomic mass is 10.0. The van der Waals surface area contributed by atoms with Crippen molar-refractivity contribution < 1.29 is 14.7 Å². The number of rotatable bonds is 8. The van der Waals surface area contributed by atoms with Gasteiger partial charge < -0.3 is 10.0 Å². The van der Waals surface area contributed by atoms with Gasteiger partial charge in [0.05, 0.1) is 4.91 Å². The van der Waals surface area contributed by atoms with E-state index in [1.54, 1.807) is 6.08 Å². The summed E-state index contributed by atoms with van der Waals surface area (Å²) >= 11 is 12.1. The third-order valence-corrected chi connectivity index (χ3v) is 6.22. The molecule has 0 aromatic heterocycles. The van der Waals surface area contributed by atoms with Crippen molar-refractivity contribution in [3.05, 3.63) is 59.0 Å². The van der Waals surface area contributed by atoms with Crippen LogP contribution in [0.25, 0.3) is 17.2 Å². The second-order valence-electron chi connectivity index (χ2n) is 6.60. The van der Waals surface area contributed by atoms with E-state index in [-0.39, 0.29) is 10.2 Å². The SMILES string of the molecule is CCN(CCCl)c1ccc(-c2ccc(C=C3SC(=S)N(CC(=O)O)C3=O)cc2)cc1. The van der Waals surface area contributed by atoms with Crippen LogP contribution in [0.4, 0.5) is 5.69 Å². The summed E-state index contributed by atoms with van der Waals surface area (Å²) < 4.78 is 0.264. The Bertz CT molecular complexity index is 975. The van der Waals surface area contributed by atoms with Crippen LogP contribution in [-0.2, 0) is 9.59 Å². The molecule has 2 aromatic carbocycles. The molecule has 3 rings (SSSR count). The Morgan fingerprint density at radius 3 is 2.30 bits per heavy atom. The standard InChI is InChI=1S/C22H21ClN2O3S2/c1-2-24(12-11-23)18-9-7-17(8-10-18)16-5-3-15(4-6-16)13-19-21(28)25(14-20(26)27)22(29)30-19/h3-10,13H,2,11-12,14H2,1H3,(H,26,27). The van der Waals surface area contributed by atoms with Crippen LogP contribution in [0.2, 0.25) is 0 Å². The number of carboxylic acid groups (broad SMARTS) is 1. The summed E-state index contributed by atoms with van der Waals surface area (Å²) in [6.45, 7) is 3.40. The lowest BCUT2D eigenvalue weighted by molar-refractivity contribution is -0.140. The average Bonchev–Trinajstić information content (AvgIpc) is 3.00. The minimum absolute atomic E-state index is 0.264. The van der Waals surface area contributed by atoms with Crippen LogP contribution < -0.4 is 4.90 Å². The van der Waals surface area contributed by atoms with Crippen LogP contribution in [0, 0.1) is 0 Å². The molecule has 0 atom stereocenters. The molecule has 5 nitrogen and oxygen atoms in total. The zero-order chi connectivity index (χ0) is 21.7. The normalized spacial score (nSPS) is 15.1. The molecule has 1 N–H and O–H groups in total. The molecule has 1 saturated heterocycles. The van der Waals surface area contributed by atoms with Gasteiger partial charge in [0.1, 0.15) is 10.9 Å². The summed E-state index contributed by atoms with van der Waals surface area (Å²) in [5, 5.41) is 8.92. The first-order chi connectivity index (χ1) is 14.4. The third-order valence-electron chi connectivity index (χ3n) is 4.68. The fraction of sp³-hybridized carbons (Fsp3) is 0.227. The van der Waals surface area contributed by atoms with Gasteiger partial charge in [0.25, 0.3) is 5.91 Å². The molecule has 0 radical (unpaired) electrons. The molecule has 1 fully saturated rings. The Balaban J connectivity index is 1.74. The molecular weight excluding hydrogens is 440 g/mol. The van der Waals surface area contributed by atoms with Crippen LogP contribution in [0.5, 0.6) is 0 Å². The van der Waals surface area contributed by atoms with E-state index < -0.39 is 12.5 Å². The first kappa shape index (κ1) is 22.3. The minimum Gasteiger partial charge on any atom is -0.480 e. The second-order valence-corrected chi connectivity index (χ2v) is 8.65. The molecular formula is C22H21ClN2O3S2. The van der Waals surface area contributed by atoms with E-state index in [0.29, 0.717) is 10.8 Å². The van der Waals surface area contributed by atoms with Crippen LogP contribution in [0.3, 0.4) is 0 Å². The predicted molar refractivity (Wildman–Crippen MR) is 128 cm³/mol. The van der Waals surface area contributed by atoms with E-state index in [0.717, 1.165) is 52.1 Å². The second kappa shape index (κ2) is 10.1. The van der Waals surface area contributed by atoms with Gasteiger partial charge >= 0.3 is 5.97 Å². The number of alkyl halides is 1. The Morgan fingerprint density at radius 1 is 1.17 bits per heavy atom. The van der Waals surface area contributed by atoms with E-state index in [2.05, 4.69) is 36.1 Å². The van der Waals surface area contributed by atoms with Crippen molar-refractivity contribution in [3.8, 4) is 11.1 Å². The van der Waals surface area contributed by atoms with Gasteiger partial charge in [-0.05, 0) is 41.8 Å². The number of aliphatic carboxylic acids is 1. The van der Waals surface area contributed by atoms with Crippen molar-refractivity contribution in [2.75, 3.05) is 30.4 Å². The number of hydrogen-bond acceptors (Lipinski definition) is 5. The van der Waals surface area contributed by atoms with E-state index in [4.69, 9.17) is 28.9 Å². The molecule has 2 aromatic rings. The number of thioether (sulfide) groups is 1. The maximum atomic E-state index is 12.4. The number of hydrogen-bond donors (Lipinski definition) is 1. The zero-order valence-electron chi connectivity index (χ0n) is 16.4. The van der Waals surface area contributed by atoms with Crippen LogP contribution in [0.1, 0.15) is 12.5 Å². The van der Waals surface area contributed by atoms with Crippen molar-refractivity contribution in [1.29, 1.82) is 0 Å². The van der Waals surface area contributed by atoms with E-state index in [1.807, 2.05) is 24.3 Å². The Hall–Kier alpha value is -2.35. The molecule has 0 aliphatic carbocycles. The van der Waals surface area contributed by atoms with Gasteiger partial charge in [0.2, 0.25) is 0 Å². The predicted octanol–water partition coefficient (Wildman–Crippen LogP) is 4.70. The van der Waals surface area contributed by atoms with Gasteiger partial charge in [-0.2, -0.15) is 0 Å². The summed E-state index contributed by atoms with van der Waals surface area (Å²) in [7, 11) is 0. The summed E-state index contributed by atoms with van der Waals surface area (Å²) in [5.74, 6) is -0.872. The molecule has 0 bridgehead atoms. The molecule has 0 spiro atoms. The van der Waals surface area contributed by atoms with Crippen molar-refractivity contribution in [1.82, 2.24) is 4.90 Å². The highest BCUT2D eigenvalue weighted by Gasteiger charge is 2.33. The molecule has 1 aliphatic rings. The average molecular weight is 461 g/mol. The molecule has 0 unspecified atom stereocenters. The van der Waals surface area contributed by atoms with Crippen molar-refractivity contribution >= 4 is 63.5 Å². The molecule has 0 saturated carbocycles. The zero-order valence-corrected chi connectivity index (χ0v) is 18.8. The van der Waals surface area contributed by atoms with Gasteiger partial charge in [-0.25, -0.2) is 0 Å². The number of carboxylic acids is 1. The molecule has 30 heavy (non-hydrogen) atoms. The number of thiocarbonyl (C=S) groups is 1. The summed E-state index contributed by atoms with van der Waals surface area (Å²) in [5.41, 5.74) is 4.16. The lowest BCUT2D eigenvalue weighted by Crippen LogP contribution is -2.33. The van der Waals surface area contributed by atoms with E-state index in [1.165, 1.54) is 0 Å². The van der Waals surface area contributed by atoms with Crippen molar-refractivity contribution in [2.45, 2.75) is 6.92 Å². The quantitative estimate of drug-likeness (QED) is 0.350. The van der Waals surface area contributed by atoms with Crippen LogP contribution in [-0.4, -0.2) is 51.7 Å². The smallest absolute Gasteiger partial charge is 0.323 e. The lowest BCUT2D eigenvalue weighted by Gasteiger charge is -2.22. The van der Waals surface area contributed by atoms with Gasteiger partial charge in [-0.15, -0.1) is 11.6 Å². The molecule has 1 amide bonds. The summed E-state index contributed by atoms with van der Waals surface area (Å²) in [6, 6.07) is 16.2. The highest BCUT2D eigenvalue weighted by atomic mass is 35.5. The van der Waals surface area contributed by atoms with Crippen LogP contribution in [0.15, 0.2) is 53.4 Å². The van der Waals surface area contributed by atoms with Gasteiger partial charge in [0, 0.05) is 24.7 Å². The van der Waals surface area contributed by atoms with Gasteiger partial charge in [0.15, 0.2) is 0 Å². The third kappa shape index (κ3) is 5.22. The molecule has 156 valence electrons. The number of benzene rings is 2. The Labute approximate surface area is 190 Å². The van der Waals surface area contributed by atoms with E-state index in [9.17, 15) is 9.59 Å². The van der Waals surface area contributed by atoms with Gasteiger partial charge in [-0.3, -0.25) is 14.5 Å². The number of nitrogens with zero attached hydrogens (tertiary/aromatic N) is 2. The number of anilines is 1. The monoisotopic (exact) mass is 460 g/mol. The maximum Gasteiger partial charge on any atom is 0.323 e. The Morgan fingerprint density at radius 2 is 1.77 bits per heavy atom. The molecule has 1 heterocycles. The first-order valence-electron chi connectivity index (χ1n) is 9.41. The fourth-order valence-corrected chi connectivity index (χ4v) is 4.59. The fourth-order valence-electron chi connectivity index (χ4n) is 3.13. The van der Waals surface area contributed by atoms with Crippen molar-refractivity contribution in [2.24, 2.45) is 0 Å². The topological polar surface area (TPSA) is 60.9 Å². The van der Waals surface area contributed by atoms with Crippen LogP contribution >= 0.6 is 35.6 Å².